The number of rotatable bonds is 5. The Kier molecular flexibility index (Phi) is 6.68. The molecule has 0 aliphatic carbocycles. The predicted molar refractivity (Wildman–Crippen MR) is 95.7 cm³/mol. The van der Waals surface area contributed by atoms with Crippen molar-refractivity contribution in [2.24, 2.45) is 16.8 Å². The molecule has 1 aromatic rings. The van der Waals surface area contributed by atoms with E-state index >= 15 is 0 Å². The third-order valence-corrected chi connectivity index (χ3v) is 5.01. The SMILES string of the molecule is CCNC(=NCCCc1nc(C)cs1)N1CC(C)CC(C)C1. The Balaban J connectivity index is 1.86. The van der Waals surface area contributed by atoms with E-state index in [1.165, 1.54) is 11.4 Å². The summed E-state index contributed by atoms with van der Waals surface area (Å²) in [5.41, 5.74) is 1.13. The number of aliphatic imine (C=N–C) groups is 1. The van der Waals surface area contributed by atoms with Gasteiger partial charge in [-0.1, -0.05) is 13.8 Å². The lowest BCUT2D eigenvalue weighted by atomic mass is 9.92. The molecule has 0 amide bonds. The minimum atomic E-state index is 0.755. The largest absolute Gasteiger partial charge is 0.357 e. The van der Waals surface area contributed by atoms with Crippen LogP contribution < -0.4 is 5.32 Å². The fraction of sp³-hybridized carbons (Fsp3) is 0.765. The van der Waals surface area contributed by atoms with Crippen LogP contribution in [-0.4, -0.2) is 42.0 Å². The summed E-state index contributed by atoms with van der Waals surface area (Å²) >= 11 is 1.76. The van der Waals surface area contributed by atoms with Gasteiger partial charge < -0.3 is 10.2 Å². The van der Waals surface area contributed by atoms with Gasteiger partial charge in [0.2, 0.25) is 0 Å². The van der Waals surface area contributed by atoms with E-state index in [-0.39, 0.29) is 0 Å². The predicted octanol–water partition coefficient (Wildman–Crippen LogP) is 3.33. The summed E-state index contributed by atoms with van der Waals surface area (Å²) in [7, 11) is 0. The highest BCUT2D eigenvalue weighted by molar-refractivity contribution is 7.09. The third kappa shape index (κ3) is 5.27. The van der Waals surface area contributed by atoms with E-state index in [0.29, 0.717) is 0 Å². The zero-order chi connectivity index (χ0) is 15.9. The number of hydrogen-bond acceptors (Lipinski definition) is 3. The van der Waals surface area contributed by atoms with Gasteiger partial charge in [-0.05, 0) is 38.5 Å². The van der Waals surface area contributed by atoms with Crippen molar-refractivity contribution >= 4 is 17.3 Å². The van der Waals surface area contributed by atoms with Crippen LogP contribution in [0.5, 0.6) is 0 Å². The van der Waals surface area contributed by atoms with Gasteiger partial charge in [0.25, 0.3) is 0 Å². The Morgan fingerprint density at radius 3 is 2.73 bits per heavy atom. The Bertz CT molecular complexity index is 473. The van der Waals surface area contributed by atoms with Gasteiger partial charge in [-0.25, -0.2) is 4.98 Å². The van der Waals surface area contributed by atoms with Crippen molar-refractivity contribution in [3.8, 4) is 0 Å². The summed E-state index contributed by atoms with van der Waals surface area (Å²) in [5, 5.41) is 6.82. The molecule has 5 heteroatoms. The molecule has 0 saturated carbocycles. The fourth-order valence-electron chi connectivity index (χ4n) is 3.19. The van der Waals surface area contributed by atoms with Crippen molar-refractivity contribution in [1.82, 2.24) is 15.2 Å². The molecule has 0 radical (unpaired) electrons. The summed E-state index contributed by atoms with van der Waals surface area (Å²) in [4.78, 5) is 11.8. The first-order valence-electron chi connectivity index (χ1n) is 8.52. The molecule has 1 N–H and O–H groups in total. The van der Waals surface area contributed by atoms with Crippen LogP contribution in [-0.2, 0) is 6.42 Å². The van der Waals surface area contributed by atoms with E-state index in [1.807, 2.05) is 0 Å². The summed E-state index contributed by atoms with van der Waals surface area (Å²) in [5.74, 6) is 2.60. The molecule has 2 unspecified atom stereocenters. The lowest BCUT2D eigenvalue weighted by molar-refractivity contribution is 0.208. The molecule has 1 aromatic heterocycles. The Morgan fingerprint density at radius 1 is 1.41 bits per heavy atom. The topological polar surface area (TPSA) is 40.5 Å². The van der Waals surface area contributed by atoms with Crippen LogP contribution in [0.25, 0.3) is 0 Å². The molecule has 1 fully saturated rings. The van der Waals surface area contributed by atoms with E-state index in [4.69, 9.17) is 4.99 Å². The number of nitrogens with zero attached hydrogens (tertiary/aromatic N) is 3. The monoisotopic (exact) mass is 322 g/mol. The molecule has 1 aliphatic heterocycles. The van der Waals surface area contributed by atoms with Crippen LogP contribution in [0.2, 0.25) is 0 Å². The van der Waals surface area contributed by atoms with Crippen molar-refractivity contribution in [2.45, 2.75) is 47.0 Å². The fourth-order valence-corrected chi connectivity index (χ4v) is 4.01. The Morgan fingerprint density at radius 2 is 2.14 bits per heavy atom. The molecular weight excluding hydrogens is 292 g/mol. The maximum Gasteiger partial charge on any atom is 0.193 e. The molecule has 124 valence electrons. The molecule has 0 spiro atoms. The van der Waals surface area contributed by atoms with E-state index in [0.717, 1.165) is 62.5 Å². The van der Waals surface area contributed by atoms with Crippen molar-refractivity contribution in [3.63, 3.8) is 0 Å². The molecule has 22 heavy (non-hydrogen) atoms. The summed E-state index contributed by atoms with van der Waals surface area (Å²) < 4.78 is 0. The molecule has 1 saturated heterocycles. The lowest BCUT2D eigenvalue weighted by Crippen LogP contribution is -2.48. The van der Waals surface area contributed by atoms with Crippen LogP contribution in [0.15, 0.2) is 10.4 Å². The Hall–Kier alpha value is -1.10. The average molecular weight is 323 g/mol. The number of likely N-dealkylation sites (tertiary alicyclic amines) is 1. The standard InChI is InChI=1S/C17H30N4S/c1-5-18-17(21-10-13(2)9-14(3)11-21)19-8-6-7-16-20-15(4)12-22-16/h12-14H,5-11H2,1-4H3,(H,18,19). The summed E-state index contributed by atoms with van der Waals surface area (Å²) in [6, 6.07) is 0. The number of hydrogen-bond donors (Lipinski definition) is 1. The van der Waals surface area contributed by atoms with Crippen molar-refractivity contribution in [2.75, 3.05) is 26.2 Å². The molecule has 1 aliphatic rings. The van der Waals surface area contributed by atoms with Crippen molar-refractivity contribution < 1.29 is 0 Å². The van der Waals surface area contributed by atoms with Gasteiger partial charge >= 0.3 is 0 Å². The smallest absolute Gasteiger partial charge is 0.193 e. The number of aryl methyl sites for hydroxylation is 2. The van der Waals surface area contributed by atoms with Gasteiger partial charge in [-0.15, -0.1) is 11.3 Å². The second-order valence-electron chi connectivity index (χ2n) is 6.57. The second kappa shape index (κ2) is 8.51. The molecule has 0 aromatic carbocycles. The number of thiazole rings is 1. The van der Waals surface area contributed by atoms with Crippen LogP contribution in [0.3, 0.4) is 0 Å². The third-order valence-electron chi connectivity index (χ3n) is 3.98. The van der Waals surface area contributed by atoms with Gasteiger partial charge in [-0.2, -0.15) is 0 Å². The van der Waals surface area contributed by atoms with Crippen LogP contribution in [0, 0.1) is 18.8 Å². The van der Waals surface area contributed by atoms with Gasteiger partial charge in [0.15, 0.2) is 5.96 Å². The number of aromatic nitrogens is 1. The normalized spacial score (nSPS) is 22.9. The number of nitrogens with one attached hydrogen (secondary N) is 1. The molecule has 0 bridgehead atoms. The van der Waals surface area contributed by atoms with Gasteiger partial charge in [0.1, 0.15) is 0 Å². The summed E-state index contributed by atoms with van der Waals surface area (Å²) in [6.07, 6.45) is 3.44. The maximum absolute atomic E-state index is 4.84. The molecule has 2 rings (SSSR count). The highest BCUT2D eigenvalue weighted by atomic mass is 32.1. The van der Waals surface area contributed by atoms with Crippen molar-refractivity contribution in [3.05, 3.63) is 16.1 Å². The zero-order valence-corrected chi connectivity index (χ0v) is 15.2. The minimum absolute atomic E-state index is 0.755. The highest BCUT2D eigenvalue weighted by Gasteiger charge is 2.23. The van der Waals surface area contributed by atoms with E-state index in [2.05, 4.69) is 48.3 Å². The average Bonchev–Trinajstić information content (AvgIpc) is 2.87. The zero-order valence-electron chi connectivity index (χ0n) is 14.4. The molecular formula is C17H30N4S. The highest BCUT2D eigenvalue weighted by Crippen LogP contribution is 2.21. The minimum Gasteiger partial charge on any atom is -0.357 e. The molecule has 2 atom stereocenters. The van der Waals surface area contributed by atoms with E-state index in [1.54, 1.807) is 11.3 Å². The first-order valence-corrected chi connectivity index (χ1v) is 9.40. The molecule has 2 heterocycles. The first kappa shape index (κ1) is 17.3. The van der Waals surface area contributed by atoms with E-state index < -0.39 is 0 Å². The first-order chi connectivity index (χ1) is 10.6. The van der Waals surface area contributed by atoms with Crippen LogP contribution in [0.1, 0.15) is 44.3 Å². The van der Waals surface area contributed by atoms with Gasteiger partial charge in [0.05, 0.1) is 5.01 Å². The second-order valence-corrected chi connectivity index (χ2v) is 7.52. The van der Waals surface area contributed by atoms with Gasteiger partial charge in [-0.3, -0.25) is 4.99 Å². The van der Waals surface area contributed by atoms with E-state index in [9.17, 15) is 0 Å². The maximum atomic E-state index is 4.84. The Labute approximate surface area is 139 Å². The number of guanidine groups is 1. The molecule has 4 nitrogen and oxygen atoms in total. The van der Waals surface area contributed by atoms with Crippen LogP contribution in [0.4, 0.5) is 0 Å². The summed E-state index contributed by atoms with van der Waals surface area (Å²) in [6.45, 7) is 13.0. The van der Waals surface area contributed by atoms with Crippen molar-refractivity contribution in [1.29, 1.82) is 0 Å². The van der Waals surface area contributed by atoms with Gasteiger partial charge in [0, 0.05) is 43.7 Å². The lowest BCUT2D eigenvalue weighted by Gasteiger charge is -2.37. The quantitative estimate of drug-likeness (QED) is 0.513. The number of piperidine rings is 1. The van der Waals surface area contributed by atoms with Crippen LogP contribution >= 0.6 is 11.3 Å².